The molecule has 0 aromatic heterocycles. The Hall–Kier alpha value is -4.05. The lowest BCUT2D eigenvalue weighted by Gasteiger charge is -2.24. The van der Waals surface area contributed by atoms with Crippen LogP contribution in [0.2, 0.25) is 0 Å². The maximum atomic E-state index is 5.23. The molecule has 1 aliphatic heterocycles. The molecule has 1 atom stereocenters. The predicted molar refractivity (Wildman–Crippen MR) is 136 cm³/mol. The van der Waals surface area contributed by atoms with Crippen molar-refractivity contribution in [2.75, 3.05) is 17.4 Å². The Bertz CT molecular complexity index is 1200. The number of methoxy groups -OCH3 is 1. The Labute approximate surface area is 195 Å². The summed E-state index contributed by atoms with van der Waals surface area (Å²) in [6, 6.07) is 37.9. The lowest BCUT2D eigenvalue weighted by Crippen LogP contribution is -2.18. The van der Waals surface area contributed by atoms with Crippen molar-refractivity contribution >= 4 is 17.1 Å². The van der Waals surface area contributed by atoms with Crippen molar-refractivity contribution in [1.29, 1.82) is 0 Å². The highest BCUT2D eigenvalue weighted by atomic mass is 16.5. The number of ether oxygens (including phenoxy) is 1. The van der Waals surface area contributed by atoms with Crippen LogP contribution in [0.3, 0.4) is 0 Å². The summed E-state index contributed by atoms with van der Waals surface area (Å²) in [6.07, 6.45) is 0.884. The van der Waals surface area contributed by atoms with E-state index in [1.54, 1.807) is 7.11 Å². The van der Waals surface area contributed by atoms with Gasteiger partial charge in [0.25, 0.3) is 0 Å². The van der Waals surface area contributed by atoms with Crippen LogP contribution < -0.4 is 15.1 Å². The van der Waals surface area contributed by atoms with Crippen LogP contribution >= 0.6 is 0 Å². The van der Waals surface area contributed by atoms with Gasteiger partial charge >= 0.3 is 0 Å². The molecule has 4 heteroatoms. The van der Waals surface area contributed by atoms with Gasteiger partial charge in [-0.2, -0.15) is 5.10 Å². The minimum Gasteiger partial charge on any atom is -0.497 e. The van der Waals surface area contributed by atoms with Crippen LogP contribution in [0.1, 0.15) is 29.2 Å². The van der Waals surface area contributed by atoms with Crippen LogP contribution in [0.4, 0.5) is 11.4 Å². The van der Waals surface area contributed by atoms with E-state index in [2.05, 4.69) is 89.2 Å². The maximum absolute atomic E-state index is 5.23. The van der Waals surface area contributed by atoms with Crippen LogP contribution in [-0.4, -0.2) is 12.8 Å². The van der Waals surface area contributed by atoms with Crippen molar-refractivity contribution in [3.05, 3.63) is 126 Å². The third-order valence-corrected chi connectivity index (χ3v) is 5.99. The average Bonchev–Trinajstić information content (AvgIpc) is 3.35. The van der Waals surface area contributed by atoms with E-state index >= 15 is 0 Å². The summed E-state index contributed by atoms with van der Waals surface area (Å²) in [6.45, 7) is 0.757. The van der Waals surface area contributed by atoms with Crippen molar-refractivity contribution in [1.82, 2.24) is 0 Å². The van der Waals surface area contributed by atoms with E-state index in [1.807, 2.05) is 30.3 Å². The number of hydrogen-bond acceptors (Lipinski definition) is 4. The molecule has 5 rings (SSSR count). The van der Waals surface area contributed by atoms with E-state index in [4.69, 9.17) is 9.84 Å². The van der Waals surface area contributed by atoms with Gasteiger partial charge in [-0.25, -0.2) is 0 Å². The van der Waals surface area contributed by atoms with Gasteiger partial charge in [-0.1, -0.05) is 72.8 Å². The summed E-state index contributed by atoms with van der Waals surface area (Å²) in [5.41, 5.74) is 6.97. The fraction of sp³-hybridized carbons (Fsp3) is 0.138. The van der Waals surface area contributed by atoms with Gasteiger partial charge in [0.15, 0.2) is 0 Å². The molecule has 164 valence electrons. The molecule has 0 aliphatic carbocycles. The molecule has 0 bridgehead atoms. The molecule has 0 saturated carbocycles. The number of nitrogens with one attached hydrogen (secondary N) is 1. The third kappa shape index (κ3) is 4.75. The Kier molecular flexibility index (Phi) is 6.07. The first kappa shape index (κ1) is 20.8. The molecule has 33 heavy (non-hydrogen) atoms. The molecule has 0 radical (unpaired) electrons. The highest BCUT2D eigenvalue weighted by molar-refractivity contribution is 6.03. The second-order valence-electron chi connectivity index (χ2n) is 8.14. The van der Waals surface area contributed by atoms with Crippen LogP contribution in [-0.2, 0) is 6.54 Å². The van der Waals surface area contributed by atoms with Gasteiger partial charge in [0, 0.05) is 18.7 Å². The molecular formula is C29H27N3O. The largest absolute Gasteiger partial charge is 0.497 e. The zero-order valence-electron chi connectivity index (χ0n) is 18.7. The van der Waals surface area contributed by atoms with Gasteiger partial charge in [0.05, 0.1) is 24.6 Å². The first-order valence-electron chi connectivity index (χ1n) is 11.2. The number of nitrogens with zero attached hydrogens (tertiary/aromatic N) is 2. The van der Waals surface area contributed by atoms with E-state index in [1.165, 1.54) is 16.7 Å². The van der Waals surface area contributed by atoms with Gasteiger partial charge < -0.3 is 10.1 Å². The van der Waals surface area contributed by atoms with Crippen LogP contribution in [0, 0.1) is 0 Å². The van der Waals surface area contributed by atoms with Gasteiger partial charge in [-0.05, 0) is 53.1 Å². The molecule has 1 aliphatic rings. The molecule has 0 spiro atoms. The second kappa shape index (κ2) is 9.61. The summed E-state index contributed by atoms with van der Waals surface area (Å²) in [5.74, 6) is 0.860. The fourth-order valence-corrected chi connectivity index (χ4v) is 4.17. The smallest absolute Gasteiger partial charge is 0.119 e. The normalized spacial score (nSPS) is 15.2. The molecule has 0 fully saturated rings. The SMILES string of the molecule is COc1ccc(NCc2ccc(N3N=C(c4ccccc4)C[C@H]3c3ccccc3)cc2)cc1. The molecular weight excluding hydrogens is 406 g/mol. The topological polar surface area (TPSA) is 36.9 Å². The van der Waals surface area contributed by atoms with Crippen LogP contribution in [0.15, 0.2) is 114 Å². The molecule has 4 aromatic carbocycles. The van der Waals surface area contributed by atoms with Gasteiger partial charge in [-0.15, -0.1) is 0 Å². The number of anilines is 2. The molecule has 0 amide bonds. The van der Waals surface area contributed by atoms with E-state index < -0.39 is 0 Å². The van der Waals surface area contributed by atoms with Crippen molar-refractivity contribution in [3.63, 3.8) is 0 Å². The minimum absolute atomic E-state index is 0.185. The fourth-order valence-electron chi connectivity index (χ4n) is 4.17. The molecule has 0 saturated heterocycles. The van der Waals surface area contributed by atoms with E-state index in [9.17, 15) is 0 Å². The van der Waals surface area contributed by atoms with E-state index in [0.29, 0.717) is 0 Å². The van der Waals surface area contributed by atoms with Crippen molar-refractivity contribution in [2.24, 2.45) is 5.10 Å². The summed E-state index contributed by atoms with van der Waals surface area (Å²) < 4.78 is 5.23. The molecule has 4 aromatic rings. The average molecular weight is 434 g/mol. The Balaban J connectivity index is 1.35. The zero-order chi connectivity index (χ0) is 22.5. The molecule has 1 N–H and O–H groups in total. The standard InChI is InChI=1S/C29H27N3O/c1-33-27-18-14-25(15-19-27)30-21-22-12-16-26(17-13-22)32-29(24-10-6-3-7-11-24)20-28(31-32)23-8-4-2-5-9-23/h2-19,29-30H,20-21H2,1H3/t29-/m0/s1. The highest BCUT2D eigenvalue weighted by Crippen LogP contribution is 2.36. The quantitative estimate of drug-likeness (QED) is 0.354. The lowest BCUT2D eigenvalue weighted by atomic mass is 9.98. The van der Waals surface area contributed by atoms with Crippen LogP contribution in [0.25, 0.3) is 0 Å². The lowest BCUT2D eigenvalue weighted by molar-refractivity contribution is 0.415. The van der Waals surface area contributed by atoms with E-state index in [-0.39, 0.29) is 6.04 Å². The Morgan fingerprint density at radius 3 is 2.15 bits per heavy atom. The van der Waals surface area contributed by atoms with Crippen molar-refractivity contribution in [3.8, 4) is 5.75 Å². The Morgan fingerprint density at radius 1 is 0.818 bits per heavy atom. The van der Waals surface area contributed by atoms with Gasteiger partial charge in [0.1, 0.15) is 5.75 Å². The summed E-state index contributed by atoms with van der Waals surface area (Å²) in [4.78, 5) is 0. The molecule has 1 heterocycles. The maximum Gasteiger partial charge on any atom is 0.119 e. The van der Waals surface area contributed by atoms with Gasteiger partial charge in [0.2, 0.25) is 0 Å². The summed E-state index contributed by atoms with van der Waals surface area (Å²) in [7, 11) is 1.68. The number of rotatable bonds is 7. The Morgan fingerprint density at radius 2 is 1.48 bits per heavy atom. The minimum atomic E-state index is 0.185. The van der Waals surface area contributed by atoms with Crippen LogP contribution in [0.5, 0.6) is 5.75 Å². The van der Waals surface area contributed by atoms with Crippen molar-refractivity contribution < 1.29 is 4.74 Å². The predicted octanol–water partition coefficient (Wildman–Crippen LogP) is 6.66. The molecule has 4 nitrogen and oxygen atoms in total. The molecule has 0 unspecified atom stereocenters. The monoisotopic (exact) mass is 433 g/mol. The zero-order valence-corrected chi connectivity index (χ0v) is 18.7. The first-order chi connectivity index (χ1) is 16.3. The second-order valence-corrected chi connectivity index (χ2v) is 8.14. The highest BCUT2D eigenvalue weighted by Gasteiger charge is 2.29. The van der Waals surface area contributed by atoms with Crippen molar-refractivity contribution in [2.45, 2.75) is 19.0 Å². The number of benzene rings is 4. The first-order valence-corrected chi connectivity index (χ1v) is 11.2. The number of hydrogen-bond donors (Lipinski definition) is 1. The van der Waals surface area contributed by atoms with Gasteiger partial charge in [-0.3, -0.25) is 5.01 Å². The third-order valence-electron chi connectivity index (χ3n) is 5.99. The number of hydrazone groups is 1. The van der Waals surface area contributed by atoms with E-state index in [0.717, 1.165) is 35.8 Å². The summed E-state index contributed by atoms with van der Waals surface area (Å²) >= 11 is 0. The summed E-state index contributed by atoms with van der Waals surface area (Å²) in [5, 5.41) is 10.7.